The van der Waals surface area contributed by atoms with Crippen molar-refractivity contribution in [3.05, 3.63) is 0 Å². The second-order valence-electron chi connectivity index (χ2n) is 5.80. The van der Waals surface area contributed by atoms with Crippen molar-refractivity contribution >= 4 is 0 Å². The van der Waals surface area contributed by atoms with Crippen LogP contribution in [0.3, 0.4) is 0 Å². The third kappa shape index (κ3) is 5.27. The minimum Gasteiger partial charge on any atom is -0.312 e. The molecular weight excluding hydrogens is 220 g/mol. The van der Waals surface area contributed by atoms with Gasteiger partial charge in [0.2, 0.25) is 0 Å². The smallest absolute Gasteiger partial charge is 0.0249 e. The molecule has 1 rings (SSSR count). The number of nitrogens with one attached hydrogen (secondary N) is 1. The van der Waals surface area contributed by atoms with Crippen LogP contribution in [0, 0.1) is 0 Å². The van der Waals surface area contributed by atoms with Crippen LogP contribution < -0.4 is 5.32 Å². The molecule has 0 radical (unpaired) electrons. The maximum absolute atomic E-state index is 3.82. The quantitative estimate of drug-likeness (QED) is 0.663. The molecule has 0 aromatic heterocycles. The van der Waals surface area contributed by atoms with E-state index in [9.17, 15) is 0 Å². The van der Waals surface area contributed by atoms with E-state index in [4.69, 9.17) is 0 Å². The Morgan fingerprint density at radius 3 is 2.17 bits per heavy atom. The van der Waals surface area contributed by atoms with Gasteiger partial charge in [0.15, 0.2) is 0 Å². The lowest BCUT2D eigenvalue weighted by molar-refractivity contribution is 0.148. The molecule has 0 bridgehead atoms. The molecule has 0 aromatic rings. The van der Waals surface area contributed by atoms with E-state index in [-0.39, 0.29) is 0 Å². The van der Waals surface area contributed by atoms with E-state index in [1.54, 1.807) is 0 Å². The zero-order valence-corrected chi connectivity index (χ0v) is 12.9. The van der Waals surface area contributed by atoms with E-state index < -0.39 is 0 Å². The van der Waals surface area contributed by atoms with Crippen LogP contribution in [-0.4, -0.2) is 36.6 Å². The van der Waals surface area contributed by atoms with E-state index in [1.807, 2.05) is 0 Å². The van der Waals surface area contributed by atoms with Crippen molar-refractivity contribution in [2.75, 3.05) is 19.6 Å². The highest BCUT2D eigenvalue weighted by molar-refractivity contribution is 4.86. The Hall–Kier alpha value is -0.0800. The van der Waals surface area contributed by atoms with Crippen LogP contribution in [0.15, 0.2) is 0 Å². The van der Waals surface area contributed by atoms with Crippen molar-refractivity contribution in [1.82, 2.24) is 10.2 Å². The Morgan fingerprint density at radius 2 is 1.56 bits per heavy atom. The molecule has 18 heavy (non-hydrogen) atoms. The fourth-order valence-corrected chi connectivity index (χ4v) is 3.31. The van der Waals surface area contributed by atoms with Gasteiger partial charge in [-0.05, 0) is 51.7 Å². The van der Waals surface area contributed by atoms with Gasteiger partial charge in [-0.15, -0.1) is 0 Å². The molecular formula is C16H34N2. The van der Waals surface area contributed by atoms with Crippen LogP contribution in [-0.2, 0) is 0 Å². The Balaban J connectivity index is 2.61. The lowest BCUT2D eigenvalue weighted by Crippen LogP contribution is -2.50. The van der Waals surface area contributed by atoms with Crippen molar-refractivity contribution in [3.63, 3.8) is 0 Å². The molecule has 2 nitrogen and oxygen atoms in total. The molecule has 1 N–H and O–H groups in total. The Bertz CT molecular complexity index is 188. The molecule has 0 aliphatic heterocycles. The molecule has 0 saturated heterocycles. The summed E-state index contributed by atoms with van der Waals surface area (Å²) in [4.78, 5) is 2.76. The number of nitrogens with zero attached hydrogens (tertiary/aromatic N) is 1. The zero-order chi connectivity index (χ0) is 13.2. The lowest BCUT2D eigenvalue weighted by Gasteiger charge is -2.36. The summed E-state index contributed by atoms with van der Waals surface area (Å²) in [5.74, 6) is 0. The fourth-order valence-electron chi connectivity index (χ4n) is 3.31. The average molecular weight is 254 g/mol. The summed E-state index contributed by atoms with van der Waals surface area (Å²) in [5, 5.41) is 3.82. The van der Waals surface area contributed by atoms with Crippen LogP contribution in [0.4, 0.5) is 0 Å². The van der Waals surface area contributed by atoms with Gasteiger partial charge in [0.1, 0.15) is 0 Å². The predicted octanol–water partition coefficient (Wildman–Crippen LogP) is 3.81. The third-order valence-corrected chi connectivity index (χ3v) is 4.13. The summed E-state index contributed by atoms with van der Waals surface area (Å²) in [6.45, 7) is 10.6. The van der Waals surface area contributed by atoms with E-state index in [0.717, 1.165) is 12.1 Å². The summed E-state index contributed by atoms with van der Waals surface area (Å²) in [6, 6.07) is 1.53. The highest BCUT2D eigenvalue weighted by Gasteiger charge is 2.27. The van der Waals surface area contributed by atoms with Crippen molar-refractivity contribution in [3.8, 4) is 0 Å². The molecule has 1 aliphatic rings. The molecule has 0 heterocycles. The molecule has 0 spiro atoms. The van der Waals surface area contributed by atoms with E-state index in [1.165, 1.54) is 71.0 Å². The van der Waals surface area contributed by atoms with E-state index in [2.05, 4.69) is 31.0 Å². The van der Waals surface area contributed by atoms with Gasteiger partial charge in [-0.25, -0.2) is 0 Å². The standard InChI is InChI=1S/C16H34N2/c1-4-12-17-15-10-8-7-9-11-16(15)18(13-5-2)14-6-3/h15-17H,4-14H2,1-3H3. The summed E-state index contributed by atoms with van der Waals surface area (Å²) < 4.78 is 0. The van der Waals surface area contributed by atoms with Crippen molar-refractivity contribution in [1.29, 1.82) is 0 Å². The monoisotopic (exact) mass is 254 g/mol. The number of hydrogen-bond acceptors (Lipinski definition) is 2. The van der Waals surface area contributed by atoms with Gasteiger partial charge in [-0.2, -0.15) is 0 Å². The summed E-state index contributed by atoms with van der Waals surface area (Å²) >= 11 is 0. The molecule has 108 valence electrons. The maximum atomic E-state index is 3.82. The first kappa shape index (κ1) is 16.0. The molecule has 2 unspecified atom stereocenters. The van der Waals surface area contributed by atoms with Crippen LogP contribution in [0.25, 0.3) is 0 Å². The number of hydrogen-bond donors (Lipinski definition) is 1. The Morgan fingerprint density at radius 1 is 0.889 bits per heavy atom. The normalized spacial score (nSPS) is 25.3. The van der Waals surface area contributed by atoms with Gasteiger partial charge in [0.25, 0.3) is 0 Å². The molecule has 0 aromatic carbocycles. The molecule has 2 heteroatoms. The van der Waals surface area contributed by atoms with Crippen LogP contribution in [0.1, 0.15) is 72.1 Å². The molecule has 0 amide bonds. The lowest BCUT2D eigenvalue weighted by atomic mass is 10.0. The van der Waals surface area contributed by atoms with Crippen LogP contribution in [0.5, 0.6) is 0 Å². The fraction of sp³-hybridized carbons (Fsp3) is 1.00. The summed E-state index contributed by atoms with van der Waals surface area (Å²) in [6.07, 6.45) is 10.9. The van der Waals surface area contributed by atoms with Gasteiger partial charge in [0, 0.05) is 12.1 Å². The average Bonchev–Trinajstić information content (AvgIpc) is 2.61. The Kier molecular flexibility index (Phi) is 8.70. The maximum Gasteiger partial charge on any atom is 0.0249 e. The van der Waals surface area contributed by atoms with Gasteiger partial charge in [-0.3, -0.25) is 4.90 Å². The predicted molar refractivity (Wildman–Crippen MR) is 81.1 cm³/mol. The SMILES string of the molecule is CCCNC1CCCCCC1N(CCC)CCC. The first-order chi connectivity index (χ1) is 8.83. The van der Waals surface area contributed by atoms with E-state index >= 15 is 0 Å². The van der Waals surface area contributed by atoms with Gasteiger partial charge >= 0.3 is 0 Å². The highest BCUT2D eigenvalue weighted by atomic mass is 15.2. The second-order valence-corrected chi connectivity index (χ2v) is 5.80. The van der Waals surface area contributed by atoms with Gasteiger partial charge in [-0.1, -0.05) is 40.0 Å². The van der Waals surface area contributed by atoms with Crippen molar-refractivity contribution in [2.45, 2.75) is 84.2 Å². The molecule has 1 aliphatic carbocycles. The first-order valence-electron chi connectivity index (χ1n) is 8.30. The zero-order valence-electron chi connectivity index (χ0n) is 12.9. The molecule has 1 fully saturated rings. The second kappa shape index (κ2) is 9.80. The van der Waals surface area contributed by atoms with Gasteiger partial charge < -0.3 is 5.32 Å². The highest BCUT2D eigenvalue weighted by Crippen LogP contribution is 2.23. The van der Waals surface area contributed by atoms with Crippen LogP contribution >= 0.6 is 0 Å². The summed E-state index contributed by atoms with van der Waals surface area (Å²) in [5.41, 5.74) is 0. The third-order valence-electron chi connectivity index (χ3n) is 4.13. The molecule has 2 atom stereocenters. The topological polar surface area (TPSA) is 15.3 Å². The van der Waals surface area contributed by atoms with Gasteiger partial charge in [0.05, 0.1) is 0 Å². The minimum absolute atomic E-state index is 0.741. The largest absolute Gasteiger partial charge is 0.312 e. The Labute approximate surface area is 115 Å². The number of rotatable bonds is 8. The van der Waals surface area contributed by atoms with Crippen molar-refractivity contribution in [2.24, 2.45) is 0 Å². The van der Waals surface area contributed by atoms with Crippen LogP contribution in [0.2, 0.25) is 0 Å². The first-order valence-corrected chi connectivity index (χ1v) is 8.30. The minimum atomic E-state index is 0.741. The molecule has 1 saturated carbocycles. The summed E-state index contributed by atoms with van der Waals surface area (Å²) in [7, 11) is 0. The van der Waals surface area contributed by atoms with E-state index in [0.29, 0.717) is 0 Å². The van der Waals surface area contributed by atoms with Crippen molar-refractivity contribution < 1.29 is 0 Å².